The predicted molar refractivity (Wildman–Crippen MR) is 156 cm³/mol. The van der Waals surface area contributed by atoms with Gasteiger partial charge in [-0.25, -0.2) is 4.79 Å². The number of ether oxygens (including phenoxy) is 4. The second kappa shape index (κ2) is 12.6. The molecule has 0 saturated carbocycles. The molecular weight excluding hydrogens is 565 g/mol. The zero-order chi connectivity index (χ0) is 31.4. The smallest absolute Gasteiger partial charge is 0.453 e. The second-order valence-corrected chi connectivity index (χ2v) is 10.4. The summed E-state index contributed by atoms with van der Waals surface area (Å²) in [7, 11) is 0. The highest BCUT2D eigenvalue weighted by atomic mass is 19.4. The van der Waals surface area contributed by atoms with E-state index in [1.165, 1.54) is 30.3 Å². The van der Waals surface area contributed by atoms with Crippen LogP contribution >= 0.6 is 0 Å². The molecule has 0 saturated heterocycles. The van der Waals surface area contributed by atoms with Crippen molar-refractivity contribution in [3.8, 4) is 28.7 Å². The molecule has 4 aromatic rings. The Hall–Kier alpha value is -4.73. The molecule has 10 heteroatoms. The largest absolute Gasteiger partial charge is 0.490 e. The summed E-state index contributed by atoms with van der Waals surface area (Å²) in [6.07, 6.45) is -2.41. The number of fused-ring (bicyclic) bond motifs is 1. The van der Waals surface area contributed by atoms with Crippen LogP contribution in [-0.4, -0.2) is 19.2 Å². The summed E-state index contributed by atoms with van der Waals surface area (Å²) in [5.74, 6) is -2.40. The number of alkyl halides is 3. The van der Waals surface area contributed by atoms with E-state index in [4.69, 9.17) is 23.4 Å². The standard InChI is InChI=1S/C33H31F3O7/c1-6-39-25-16-8-20(18-27(25)40-7-2)9-17-28(37)41-23-14-15-24-26(19-23)43-31(33(34,35)36)30(29(24)38)42-22-12-10-21(11-13-22)32(3,4)5/h8-19H,6-7H2,1-5H3. The number of carbonyl (C=O) groups excluding carboxylic acids is 1. The van der Waals surface area contributed by atoms with Crippen molar-refractivity contribution in [3.05, 3.63) is 93.9 Å². The van der Waals surface area contributed by atoms with Crippen LogP contribution in [0.1, 0.15) is 51.5 Å². The third kappa shape index (κ3) is 7.57. The number of benzene rings is 3. The first-order valence-corrected chi connectivity index (χ1v) is 13.6. The number of esters is 1. The first kappa shape index (κ1) is 31.2. The third-order valence-electron chi connectivity index (χ3n) is 6.22. The molecule has 0 N–H and O–H groups in total. The fourth-order valence-electron chi connectivity index (χ4n) is 4.13. The number of halogens is 3. The van der Waals surface area contributed by atoms with E-state index in [0.29, 0.717) is 30.3 Å². The topological polar surface area (TPSA) is 84.2 Å². The third-order valence-corrected chi connectivity index (χ3v) is 6.22. The molecule has 0 spiro atoms. The predicted octanol–water partition coefficient (Wildman–Crippen LogP) is 8.32. The lowest BCUT2D eigenvalue weighted by Gasteiger charge is -2.19. The van der Waals surface area contributed by atoms with Crippen molar-refractivity contribution in [2.75, 3.05) is 13.2 Å². The Morgan fingerprint density at radius 2 is 1.51 bits per heavy atom. The van der Waals surface area contributed by atoms with Crippen molar-refractivity contribution in [1.82, 2.24) is 0 Å². The van der Waals surface area contributed by atoms with Crippen LogP contribution in [0.25, 0.3) is 17.0 Å². The Labute approximate surface area is 246 Å². The highest BCUT2D eigenvalue weighted by molar-refractivity contribution is 5.89. The minimum absolute atomic E-state index is 0.0448. The van der Waals surface area contributed by atoms with Crippen LogP contribution in [0.3, 0.4) is 0 Å². The fraction of sp³-hybridized carbons (Fsp3) is 0.273. The van der Waals surface area contributed by atoms with Crippen LogP contribution in [0.4, 0.5) is 13.2 Å². The highest BCUT2D eigenvalue weighted by Crippen LogP contribution is 2.39. The molecule has 3 aromatic carbocycles. The zero-order valence-electron chi connectivity index (χ0n) is 24.3. The van der Waals surface area contributed by atoms with Crippen molar-refractivity contribution in [2.45, 2.75) is 46.2 Å². The molecule has 0 aliphatic carbocycles. The minimum atomic E-state index is -5.04. The Morgan fingerprint density at radius 1 is 0.860 bits per heavy atom. The van der Waals surface area contributed by atoms with Gasteiger partial charge in [0.1, 0.15) is 17.1 Å². The van der Waals surface area contributed by atoms with Gasteiger partial charge in [0.15, 0.2) is 11.5 Å². The van der Waals surface area contributed by atoms with Gasteiger partial charge in [0, 0.05) is 12.1 Å². The summed E-state index contributed by atoms with van der Waals surface area (Å²) in [5, 5.41) is -0.178. The summed E-state index contributed by atoms with van der Waals surface area (Å²) in [6.45, 7) is 10.5. The molecule has 7 nitrogen and oxygen atoms in total. The summed E-state index contributed by atoms with van der Waals surface area (Å²) >= 11 is 0. The molecular formula is C33H31F3O7. The SMILES string of the molecule is CCOc1ccc(C=CC(=O)Oc2ccc3c(=O)c(Oc4ccc(C(C)(C)C)cc4)c(C(F)(F)F)oc3c2)cc1OCC. The molecule has 4 rings (SSSR count). The van der Waals surface area contributed by atoms with E-state index in [2.05, 4.69) is 0 Å². The zero-order valence-corrected chi connectivity index (χ0v) is 24.3. The maximum absolute atomic E-state index is 14.0. The van der Waals surface area contributed by atoms with Gasteiger partial charge in [-0.1, -0.05) is 39.0 Å². The first-order valence-electron chi connectivity index (χ1n) is 13.6. The monoisotopic (exact) mass is 596 g/mol. The van der Waals surface area contributed by atoms with Gasteiger partial charge in [0.2, 0.25) is 11.2 Å². The van der Waals surface area contributed by atoms with Gasteiger partial charge in [-0.2, -0.15) is 13.2 Å². The van der Waals surface area contributed by atoms with E-state index in [9.17, 15) is 22.8 Å². The summed E-state index contributed by atoms with van der Waals surface area (Å²) in [5.41, 5.74) is -0.0598. The van der Waals surface area contributed by atoms with Crippen molar-refractivity contribution in [1.29, 1.82) is 0 Å². The molecule has 0 aliphatic rings. The van der Waals surface area contributed by atoms with Gasteiger partial charge < -0.3 is 23.4 Å². The number of hydrogen-bond acceptors (Lipinski definition) is 7. The van der Waals surface area contributed by atoms with Crippen molar-refractivity contribution in [2.24, 2.45) is 0 Å². The van der Waals surface area contributed by atoms with Crippen LogP contribution < -0.4 is 24.4 Å². The molecule has 0 unspecified atom stereocenters. The molecule has 1 aromatic heterocycles. The van der Waals surface area contributed by atoms with Gasteiger partial charge in [-0.15, -0.1) is 0 Å². The van der Waals surface area contributed by atoms with E-state index < -0.39 is 34.7 Å². The number of rotatable bonds is 9. The van der Waals surface area contributed by atoms with Crippen LogP contribution in [0.2, 0.25) is 0 Å². The van der Waals surface area contributed by atoms with E-state index in [0.717, 1.165) is 17.7 Å². The van der Waals surface area contributed by atoms with Gasteiger partial charge >= 0.3 is 12.1 Å². The van der Waals surface area contributed by atoms with Gasteiger partial charge in [-0.05, 0) is 72.9 Å². The van der Waals surface area contributed by atoms with E-state index in [1.807, 2.05) is 34.6 Å². The van der Waals surface area contributed by atoms with E-state index in [1.54, 1.807) is 30.3 Å². The molecule has 43 heavy (non-hydrogen) atoms. The summed E-state index contributed by atoms with van der Waals surface area (Å²) < 4.78 is 68.8. The molecule has 226 valence electrons. The Balaban J connectivity index is 1.59. The molecule has 0 atom stereocenters. The Bertz CT molecular complexity index is 1700. The summed E-state index contributed by atoms with van der Waals surface area (Å²) in [6, 6.07) is 15.1. The summed E-state index contributed by atoms with van der Waals surface area (Å²) in [4.78, 5) is 25.6. The highest BCUT2D eigenvalue weighted by Gasteiger charge is 2.40. The average Bonchev–Trinajstić information content (AvgIpc) is 2.94. The van der Waals surface area contributed by atoms with Gasteiger partial charge in [-0.3, -0.25) is 4.79 Å². The van der Waals surface area contributed by atoms with Gasteiger partial charge in [0.05, 0.1) is 18.6 Å². The average molecular weight is 597 g/mol. The number of carbonyl (C=O) groups is 1. The normalized spacial score (nSPS) is 12.0. The minimum Gasteiger partial charge on any atom is -0.490 e. The molecule has 0 amide bonds. The molecule has 0 aliphatic heterocycles. The van der Waals surface area contributed by atoms with Crippen molar-refractivity contribution in [3.63, 3.8) is 0 Å². The van der Waals surface area contributed by atoms with Crippen molar-refractivity contribution < 1.29 is 41.3 Å². The van der Waals surface area contributed by atoms with Crippen LogP contribution in [0.5, 0.6) is 28.7 Å². The van der Waals surface area contributed by atoms with Crippen LogP contribution in [0.15, 0.2) is 76.0 Å². The lowest BCUT2D eigenvalue weighted by molar-refractivity contribution is -0.154. The van der Waals surface area contributed by atoms with Crippen molar-refractivity contribution >= 4 is 23.0 Å². The lowest BCUT2D eigenvalue weighted by Crippen LogP contribution is -2.16. The molecule has 0 fully saturated rings. The quantitative estimate of drug-likeness (QED) is 0.109. The number of hydrogen-bond donors (Lipinski definition) is 0. The maximum atomic E-state index is 14.0. The second-order valence-electron chi connectivity index (χ2n) is 10.4. The molecule has 0 radical (unpaired) electrons. The van der Waals surface area contributed by atoms with Crippen LogP contribution in [0, 0.1) is 0 Å². The molecule has 0 bridgehead atoms. The first-order chi connectivity index (χ1) is 20.3. The van der Waals surface area contributed by atoms with E-state index >= 15 is 0 Å². The maximum Gasteiger partial charge on any atom is 0.453 e. The lowest BCUT2D eigenvalue weighted by atomic mass is 9.87. The molecule has 1 heterocycles. The Morgan fingerprint density at radius 3 is 2.14 bits per heavy atom. The van der Waals surface area contributed by atoms with Gasteiger partial charge in [0.25, 0.3) is 5.76 Å². The van der Waals surface area contributed by atoms with E-state index in [-0.39, 0.29) is 22.3 Å². The van der Waals surface area contributed by atoms with Crippen LogP contribution in [-0.2, 0) is 16.4 Å². The Kier molecular flexibility index (Phi) is 9.18. The fourth-order valence-corrected chi connectivity index (χ4v) is 4.13.